The van der Waals surface area contributed by atoms with Gasteiger partial charge in [-0.1, -0.05) is 40.5 Å². The Bertz CT molecular complexity index is 1050. The van der Waals surface area contributed by atoms with Crippen LogP contribution in [0.3, 0.4) is 0 Å². The van der Waals surface area contributed by atoms with Crippen molar-refractivity contribution in [1.29, 1.82) is 0 Å². The summed E-state index contributed by atoms with van der Waals surface area (Å²) in [4.78, 5) is 18.7. The zero-order chi connectivity index (χ0) is 19.8. The van der Waals surface area contributed by atoms with Gasteiger partial charge < -0.3 is 9.42 Å². The average molecular weight is 400 g/mol. The summed E-state index contributed by atoms with van der Waals surface area (Å²) in [6, 6.07) is 10.2. The number of hydrogen-bond acceptors (Lipinski definition) is 4. The Morgan fingerprint density at radius 3 is 2.86 bits per heavy atom. The molecule has 4 rings (SSSR count). The van der Waals surface area contributed by atoms with E-state index in [2.05, 4.69) is 28.3 Å². The van der Waals surface area contributed by atoms with E-state index in [1.165, 1.54) is 12.1 Å². The van der Waals surface area contributed by atoms with Crippen molar-refractivity contribution in [1.82, 2.24) is 15.0 Å². The number of likely N-dealkylation sites (tertiary alicyclic amines) is 1. The van der Waals surface area contributed by atoms with Crippen LogP contribution >= 0.6 is 11.6 Å². The predicted octanol–water partition coefficient (Wildman–Crippen LogP) is 5.01. The smallest absolute Gasteiger partial charge is 0.249 e. The maximum atomic E-state index is 13.4. The first-order chi connectivity index (χ1) is 13.4. The van der Waals surface area contributed by atoms with Gasteiger partial charge in [-0.3, -0.25) is 4.79 Å². The third-order valence-electron chi connectivity index (χ3n) is 5.08. The lowest BCUT2D eigenvalue weighted by atomic mass is 10.0. The molecule has 2 aromatic carbocycles. The molecular weight excluding hydrogens is 381 g/mol. The SMILES string of the molecule is Cc1ccc(C)c(CN2C(=O)CCC2c2nc(-c3ccc(F)c(Cl)c3)no2)c1. The second-order valence-electron chi connectivity index (χ2n) is 7.09. The van der Waals surface area contributed by atoms with Gasteiger partial charge in [0, 0.05) is 18.5 Å². The van der Waals surface area contributed by atoms with Gasteiger partial charge in [-0.05, 0) is 49.6 Å². The molecule has 3 aromatic rings. The molecular formula is C21H19ClFN3O2. The van der Waals surface area contributed by atoms with Gasteiger partial charge in [0.05, 0.1) is 5.02 Å². The van der Waals surface area contributed by atoms with Crippen molar-refractivity contribution in [3.05, 3.63) is 69.8 Å². The third-order valence-corrected chi connectivity index (χ3v) is 5.37. The molecule has 2 heterocycles. The Morgan fingerprint density at radius 1 is 1.25 bits per heavy atom. The topological polar surface area (TPSA) is 59.2 Å². The molecule has 0 spiro atoms. The summed E-state index contributed by atoms with van der Waals surface area (Å²) in [6.07, 6.45) is 1.06. The van der Waals surface area contributed by atoms with E-state index >= 15 is 0 Å². The second-order valence-corrected chi connectivity index (χ2v) is 7.50. The van der Waals surface area contributed by atoms with Gasteiger partial charge in [0.25, 0.3) is 0 Å². The van der Waals surface area contributed by atoms with Gasteiger partial charge in [0.2, 0.25) is 17.6 Å². The molecule has 28 heavy (non-hydrogen) atoms. The Labute approximate surface area is 167 Å². The summed E-state index contributed by atoms with van der Waals surface area (Å²) in [5.74, 6) is 0.264. The summed E-state index contributed by atoms with van der Waals surface area (Å²) in [7, 11) is 0. The molecule has 7 heteroatoms. The molecule has 1 aliphatic heterocycles. The molecule has 1 unspecified atom stereocenters. The maximum absolute atomic E-state index is 13.4. The molecule has 5 nitrogen and oxygen atoms in total. The van der Waals surface area contributed by atoms with E-state index in [0.717, 1.165) is 16.7 Å². The molecule has 1 atom stereocenters. The lowest BCUT2D eigenvalue weighted by molar-refractivity contribution is -0.130. The molecule has 0 radical (unpaired) electrons. The van der Waals surface area contributed by atoms with Gasteiger partial charge in [0.1, 0.15) is 11.9 Å². The first-order valence-corrected chi connectivity index (χ1v) is 9.45. The monoisotopic (exact) mass is 399 g/mol. The molecule has 1 aromatic heterocycles. The zero-order valence-electron chi connectivity index (χ0n) is 15.6. The Morgan fingerprint density at radius 2 is 2.07 bits per heavy atom. The highest BCUT2D eigenvalue weighted by molar-refractivity contribution is 6.31. The molecule has 0 N–H and O–H groups in total. The fourth-order valence-electron chi connectivity index (χ4n) is 3.47. The van der Waals surface area contributed by atoms with Crippen molar-refractivity contribution in [3.8, 4) is 11.4 Å². The number of nitrogens with zero attached hydrogens (tertiary/aromatic N) is 3. The fraction of sp³-hybridized carbons (Fsp3) is 0.286. The minimum atomic E-state index is -0.504. The summed E-state index contributed by atoms with van der Waals surface area (Å²) < 4.78 is 18.8. The van der Waals surface area contributed by atoms with Crippen molar-refractivity contribution >= 4 is 17.5 Å². The number of hydrogen-bond donors (Lipinski definition) is 0. The van der Waals surface area contributed by atoms with Crippen LogP contribution in [0.15, 0.2) is 40.9 Å². The average Bonchev–Trinajstić information content (AvgIpc) is 3.28. The lowest BCUT2D eigenvalue weighted by Crippen LogP contribution is -2.27. The van der Waals surface area contributed by atoms with Crippen molar-refractivity contribution in [2.45, 2.75) is 39.3 Å². The van der Waals surface area contributed by atoms with Crippen LogP contribution < -0.4 is 0 Å². The van der Waals surface area contributed by atoms with Crippen molar-refractivity contribution in [2.24, 2.45) is 0 Å². The van der Waals surface area contributed by atoms with E-state index in [0.29, 0.717) is 36.7 Å². The van der Waals surface area contributed by atoms with Gasteiger partial charge in [-0.25, -0.2) is 4.39 Å². The fourth-order valence-corrected chi connectivity index (χ4v) is 3.65. The molecule has 0 saturated carbocycles. The summed E-state index contributed by atoms with van der Waals surface area (Å²) in [5, 5.41) is 3.99. The van der Waals surface area contributed by atoms with E-state index in [9.17, 15) is 9.18 Å². The number of carbonyl (C=O) groups is 1. The normalized spacial score (nSPS) is 16.8. The van der Waals surface area contributed by atoms with Crippen molar-refractivity contribution < 1.29 is 13.7 Å². The summed E-state index contributed by atoms with van der Waals surface area (Å²) in [5.41, 5.74) is 3.95. The number of carbonyl (C=O) groups excluding carboxylic acids is 1. The van der Waals surface area contributed by atoms with Crippen LogP contribution in [-0.4, -0.2) is 20.9 Å². The first-order valence-electron chi connectivity index (χ1n) is 9.07. The van der Waals surface area contributed by atoms with Gasteiger partial charge >= 0.3 is 0 Å². The second kappa shape index (κ2) is 7.36. The van der Waals surface area contributed by atoms with Gasteiger partial charge in [0.15, 0.2) is 0 Å². The number of amides is 1. The third kappa shape index (κ3) is 3.52. The van der Waals surface area contributed by atoms with Gasteiger partial charge in [-0.2, -0.15) is 4.98 Å². The van der Waals surface area contributed by atoms with Crippen LogP contribution in [0.1, 0.15) is 41.5 Å². The first kappa shape index (κ1) is 18.6. The van der Waals surface area contributed by atoms with E-state index in [1.54, 1.807) is 11.0 Å². The number of aryl methyl sites for hydroxylation is 2. The highest BCUT2D eigenvalue weighted by atomic mass is 35.5. The molecule has 0 bridgehead atoms. The minimum Gasteiger partial charge on any atom is -0.337 e. The van der Waals surface area contributed by atoms with Crippen molar-refractivity contribution in [3.63, 3.8) is 0 Å². The number of halogens is 2. The molecule has 144 valence electrons. The van der Waals surface area contributed by atoms with Crippen LogP contribution in [0.4, 0.5) is 4.39 Å². The van der Waals surface area contributed by atoms with Crippen LogP contribution in [0.25, 0.3) is 11.4 Å². The highest BCUT2D eigenvalue weighted by Crippen LogP contribution is 2.35. The Hall–Kier alpha value is -2.73. The highest BCUT2D eigenvalue weighted by Gasteiger charge is 2.36. The molecule has 1 aliphatic rings. The molecule has 1 fully saturated rings. The molecule has 1 saturated heterocycles. The number of rotatable bonds is 4. The van der Waals surface area contributed by atoms with E-state index in [4.69, 9.17) is 16.1 Å². The number of aromatic nitrogens is 2. The standard InChI is InChI=1S/C21H19ClFN3O2/c1-12-3-4-13(2)15(9-12)11-26-18(7-8-19(26)27)21-24-20(25-28-21)14-5-6-17(23)16(22)10-14/h3-6,9-10,18H,7-8,11H2,1-2H3. The van der Waals surface area contributed by atoms with Gasteiger partial charge in [-0.15, -0.1) is 0 Å². The predicted molar refractivity (Wildman–Crippen MR) is 103 cm³/mol. The molecule has 1 amide bonds. The number of benzene rings is 2. The van der Waals surface area contributed by atoms with Crippen molar-refractivity contribution in [2.75, 3.05) is 0 Å². The van der Waals surface area contributed by atoms with Crippen LogP contribution in [0, 0.1) is 19.7 Å². The molecule has 0 aliphatic carbocycles. The van der Waals surface area contributed by atoms with Crippen LogP contribution in [0.2, 0.25) is 5.02 Å². The lowest BCUT2D eigenvalue weighted by Gasteiger charge is -2.23. The Balaban J connectivity index is 1.61. The zero-order valence-corrected chi connectivity index (χ0v) is 16.3. The largest absolute Gasteiger partial charge is 0.337 e. The quantitative estimate of drug-likeness (QED) is 0.618. The summed E-state index contributed by atoms with van der Waals surface area (Å²) in [6.45, 7) is 4.56. The van der Waals surface area contributed by atoms with E-state index < -0.39 is 5.82 Å². The Kier molecular flexibility index (Phi) is 4.89. The van der Waals surface area contributed by atoms with Crippen LogP contribution in [-0.2, 0) is 11.3 Å². The summed E-state index contributed by atoms with van der Waals surface area (Å²) >= 11 is 5.84. The van der Waals surface area contributed by atoms with E-state index in [-0.39, 0.29) is 17.0 Å². The van der Waals surface area contributed by atoms with Crippen LogP contribution in [0.5, 0.6) is 0 Å². The minimum absolute atomic E-state index is 0.00329. The van der Waals surface area contributed by atoms with E-state index in [1.807, 2.05) is 13.8 Å². The maximum Gasteiger partial charge on any atom is 0.249 e.